The lowest BCUT2D eigenvalue weighted by atomic mass is 10.0. The SMILES string of the molecule is CCCCC/C=C\C/C=C\CCCCCCCCCCCC(=O)OC(CCCCCCCCCCCCCCCCC)CCCCCCCC(=O)NCC(=O)NC(CO)C(=O)O. The molecule has 2 amide bonds. The van der Waals surface area contributed by atoms with E-state index in [1.54, 1.807) is 0 Å². The Balaban J connectivity index is 4.28. The molecule has 0 aliphatic carbocycles. The van der Waals surface area contributed by atoms with Gasteiger partial charge in [-0.2, -0.15) is 0 Å². The van der Waals surface area contributed by atoms with Crippen molar-refractivity contribution in [1.82, 2.24) is 10.6 Å². The van der Waals surface area contributed by atoms with E-state index >= 15 is 0 Å². The maximum atomic E-state index is 12.9. The fraction of sp³-hybridized carbons (Fsp3) is 0.849. The van der Waals surface area contributed by atoms with Crippen LogP contribution in [0.5, 0.6) is 0 Å². The molecule has 0 spiro atoms. The molecular formula is C53H98N2O7. The van der Waals surface area contributed by atoms with E-state index in [1.165, 1.54) is 167 Å². The van der Waals surface area contributed by atoms with E-state index in [1.807, 2.05) is 0 Å². The number of hydrogen-bond acceptors (Lipinski definition) is 6. The van der Waals surface area contributed by atoms with Gasteiger partial charge in [0.25, 0.3) is 0 Å². The molecule has 62 heavy (non-hydrogen) atoms. The average molecular weight is 875 g/mol. The number of carbonyl (C=O) groups is 4. The standard InChI is InChI=1S/C53H98N2O7/c1-3-5-7-9-11-13-15-17-19-20-21-22-24-26-28-30-32-37-41-45-52(59)62-48(42-38-34-31-29-27-25-23-18-16-14-12-10-8-6-4-2)43-39-35-33-36-40-44-50(57)54-46-51(58)55-49(47-56)53(60)61/h11,13,17,19,48-49,56H,3-10,12,14-16,18,20-47H2,1-2H3,(H,54,57)(H,55,58)(H,60,61)/b13-11-,19-17-. The number of amides is 2. The Bertz CT molecular complexity index is 1090. The third kappa shape index (κ3) is 43.9. The molecule has 0 saturated heterocycles. The number of hydrogen-bond donors (Lipinski definition) is 4. The van der Waals surface area contributed by atoms with Crippen LogP contribution in [0.15, 0.2) is 24.3 Å². The lowest BCUT2D eigenvalue weighted by Gasteiger charge is -2.18. The monoisotopic (exact) mass is 875 g/mol. The summed E-state index contributed by atoms with van der Waals surface area (Å²) in [6.45, 7) is 3.49. The van der Waals surface area contributed by atoms with Gasteiger partial charge in [0.15, 0.2) is 0 Å². The zero-order valence-corrected chi connectivity index (χ0v) is 40.4. The molecule has 0 aliphatic rings. The number of esters is 1. The van der Waals surface area contributed by atoms with Crippen LogP contribution in [0.4, 0.5) is 0 Å². The summed E-state index contributed by atoms with van der Waals surface area (Å²) in [4.78, 5) is 47.8. The van der Waals surface area contributed by atoms with Crippen molar-refractivity contribution in [3.8, 4) is 0 Å². The van der Waals surface area contributed by atoms with Gasteiger partial charge in [-0.05, 0) is 70.6 Å². The number of unbranched alkanes of at least 4 members (excludes halogenated alkanes) is 30. The fourth-order valence-corrected chi connectivity index (χ4v) is 7.92. The van der Waals surface area contributed by atoms with Crippen molar-refractivity contribution >= 4 is 23.8 Å². The Morgan fingerprint density at radius 1 is 0.484 bits per heavy atom. The molecule has 0 radical (unpaired) electrons. The number of aliphatic hydroxyl groups is 1. The minimum atomic E-state index is -1.38. The third-order valence-corrected chi connectivity index (χ3v) is 12.0. The summed E-state index contributed by atoms with van der Waals surface area (Å²) < 4.78 is 6.08. The van der Waals surface area contributed by atoms with Gasteiger partial charge in [-0.3, -0.25) is 14.4 Å². The molecule has 0 saturated carbocycles. The molecule has 9 nitrogen and oxygen atoms in total. The third-order valence-electron chi connectivity index (χ3n) is 12.0. The van der Waals surface area contributed by atoms with Crippen LogP contribution in [0.1, 0.15) is 264 Å². The van der Waals surface area contributed by atoms with Gasteiger partial charge >= 0.3 is 11.9 Å². The first kappa shape index (κ1) is 59.3. The number of rotatable bonds is 48. The number of aliphatic carboxylic acids is 1. The summed E-state index contributed by atoms with van der Waals surface area (Å²) in [6, 6.07) is -1.38. The largest absolute Gasteiger partial charge is 0.480 e. The van der Waals surface area contributed by atoms with Gasteiger partial charge in [-0.1, -0.05) is 205 Å². The number of nitrogens with one attached hydrogen (secondary N) is 2. The lowest BCUT2D eigenvalue weighted by molar-refractivity contribution is -0.150. The van der Waals surface area contributed by atoms with Gasteiger partial charge in [0.1, 0.15) is 12.1 Å². The van der Waals surface area contributed by atoms with E-state index in [0.717, 1.165) is 64.2 Å². The van der Waals surface area contributed by atoms with Crippen LogP contribution < -0.4 is 10.6 Å². The number of carboxylic acids is 1. The highest BCUT2D eigenvalue weighted by Gasteiger charge is 2.19. The van der Waals surface area contributed by atoms with Crippen LogP contribution in [0.3, 0.4) is 0 Å². The normalized spacial score (nSPS) is 12.6. The minimum absolute atomic E-state index is 0.0133. The van der Waals surface area contributed by atoms with Gasteiger partial charge in [-0.25, -0.2) is 4.79 Å². The number of carbonyl (C=O) groups excluding carboxylic acids is 3. The van der Waals surface area contributed by atoms with Gasteiger partial charge < -0.3 is 25.6 Å². The van der Waals surface area contributed by atoms with Crippen LogP contribution in [0, 0.1) is 0 Å². The van der Waals surface area contributed by atoms with Crippen LogP contribution >= 0.6 is 0 Å². The molecule has 4 N–H and O–H groups in total. The molecule has 0 heterocycles. The summed E-state index contributed by atoms with van der Waals surface area (Å²) in [5.41, 5.74) is 0. The molecule has 0 bridgehead atoms. The van der Waals surface area contributed by atoms with Gasteiger partial charge in [-0.15, -0.1) is 0 Å². The molecule has 2 unspecified atom stereocenters. The van der Waals surface area contributed by atoms with Crippen molar-refractivity contribution in [2.24, 2.45) is 0 Å². The summed E-state index contributed by atoms with van der Waals surface area (Å²) in [6.07, 6.45) is 55.0. The van der Waals surface area contributed by atoms with E-state index < -0.39 is 24.5 Å². The molecule has 0 rings (SSSR count). The van der Waals surface area contributed by atoms with Gasteiger partial charge in [0.05, 0.1) is 13.2 Å². The van der Waals surface area contributed by atoms with Crippen molar-refractivity contribution in [1.29, 1.82) is 0 Å². The van der Waals surface area contributed by atoms with Gasteiger partial charge in [0.2, 0.25) is 11.8 Å². The quantitative estimate of drug-likeness (QED) is 0.0271. The second kappa shape index (κ2) is 47.8. The summed E-state index contributed by atoms with van der Waals surface area (Å²) >= 11 is 0. The summed E-state index contributed by atoms with van der Waals surface area (Å²) in [5.74, 6) is -2.27. The molecule has 2 atom stereocenters. The van der Waals surface area contributed by atoms with Crippen LogP contribution in [0.2, 0.25) is 0 Å². The molecule has 0 aromatic rings. The maximum absolute atomic E-state index is 12.9. The topological polar surface area (TPSA) is 142 Å². The molecule has 0 fully saturated rings. The Hall–Kier alpha value is -2.68. The number of allylic oxidation sites excluding steroid dienone is 4. The zero-order valence-electron chi connectivity index (χ0n) is 40.4. The molecule has 0 aromatic heterocycles. The summed E-state index contributed by atoms with van der Waals surface area (Å²) in [7, 11) is 0. The second-order valence-electron chi connectivity index (χ2n) is 18.0. The second-order valence-corrected chi connectivity index (χ2v) is 18.0. The lowest BCUT2D eigenvalue weighted by Crippen LogP contribution is -2.47. The van der Waals surface area contributed by atoms with Crippen molar-refractivity contribution < 1.29 is 34.1 Å². The molecule has 362 valence electrons. The molecule has 0 aromatic carbocycles. The van der Waals surface area contributed by atoms with Crippen molar-refractivity contribution in [3.05, 3.63) is 24.3 Å². The first-order chi connectivity index (χ1) is 30.3. The van der Waals surface area contributed by atoms with E-state index in [9.17, 15) is 19.2 Å². The Morgan fingerprint density at radius 3 is 1.32 bits per heavy atom. The highest BCUT2D eigenvalue weighted by molar-refractivity contribution is 5.87. The van der Waals surface area contributed by atoms with E-state index in [4.69, 9.17) is 14.9 Å². The molecular weight excluding hydrogens is 777 g/mol. The molecule has 9 heteroatoms. The maximum Gasteiger partial charge on any atom is 0.328 e. The predicted molar refractivity (Wildman–Crippen MR) is 259 cm³/mol. The minimum Gasteiger partial charge on any atom is -0.480 e. The smallest absolute Gasteiger partial charge is 0.328 e. The Morgan fingerprint density at radius 2 is 0.871 bits per heavy atom. The number of carboxylic acid groups (broad SMARTS) is 1. The van der Waals surface area contributed by atoms with Crippen LogP contribution in [-0.2, 0) is 23.9 Å². The van der Waals surface area contributed by atoms with E-state index in [-0.39, 0.29) is 24.5 Å². The number of aliphatic hydroxyl groups excluding tert-OH is 1. The Kier molecular flexibility index (Phi) is 45.7. The predicted octanol–water partition coefficient (Wildman–Crippen LogP) is 13.9. The molecule has 0 aliphatic heterocycles. The van der Waals surface area contributed by atoms with Crippen molar-refractivity contribution in [2.75, 3.05) is 13.2 Å². The summed E-state index contributed by atoms with van der Waals surface area (Å²) in [5, 5.41) is 22.6. The van der Waals surface area contributed by atoms with Crippen LogP contribution in [-0.4, -0.2) is 59.3 Å². The van der Waals surface area contributed by atoms with Crippen molar-refractivity contribution in [3.63, 3.8) is 0 Å². The van der Waals surface area contributed by atoms with Crippen molar-refractivity contribution in [2.45, 2.75) is 276 Å². The average Bonchev–Trinajstić information content (AvgIpc) is 3.26. The highest BCUT2D eigenvalue weighted by Crippen LogP contribution is 2.19. The first-order valence-electron chi connectivity index (χ1n) is 26.2. The highest BCUT2D eigenvalue weighted by atomic mass is 16.5. The fourth-order valence-electron chi connectivity index (χ4n) is 7.92. The van der Waals surface area contributed by atoms with Gasteiger partial charge in [0, 0.05) is 12.8 Å². The first-order valence-corrected chi connectivity index (χ1v) is 26.2. The zero-order chi connectivity index (χ0) is 45.4. The van der Waals surface area contributed by atoms with E-state index in [0.29, 0.717) is 19.3 Å². The Labute approximate surface area is 381 Å². The van der Waals surface area contributed by atoms with Crippen LogP contribution in [0.25, 0.3) is 0 Å². The van der Waals surface area contributed by atoms with E-state index in [2.05, 4.69) is 48.8 Å². The number of ether oxygens (including phenoxy) is 1.